The van der Waals surface area contributed by atoms with Crippen molar-refractivity contribution in [2.75, 3.05) is 13.7 Å². The van der Waals surface area contributed by atoms with Crippen LogP contribution in [0.1, 0.15) is 50.7 Å². The second-order valence-corrected chi connectivity index (χ2v) is 6.21. The molecule has 0 amide bonds. The van der Waals surface area contributed by atoms with Crippen molar-refractivity contribution in [3.8, 4) is 5.75 Å². The molecule has 3 nitrogen and oxygen atoms in total. The van der Waals surface area contributed by atoms with Crippen LogP contribution in [0.5, 0.6) is 5.75 Å². The predicted molar refractivity (Wildman–Crippen MR) is 81.6 cm³/mol. The van der Waals surface area contributed by atoms with Gasteiger partial charge in [0.15, 0.2) is 11.6 Å². The van der Waals surface area contributed by atoms with E-state index in [1.54, 1.807) is 12.1 Å². The minimum Gasteiger partial charge on any atom is -0.494 e. The zero-order valence-electron chi connectivity index (χ0n) is 12.9. The summed E-state index contributed by atoms with van der Waals surface area (Å²) in [5, 5.41) is 10.8. The molecule has 21 heavy (non-hydrogen) atoms. The Hall–Kier alpha value is -1.13. The van der Waals surface area contributed by atoms with Crippen LogP contribution in [0, 0.1) is 17.2 Å². The molecule has 1 atom stereocenters. The van der Waals surface area contributed by atoms with Gasteiger partial charge in [0.2, 0.25) is 0 Å². The van der Waals surface area contributed by atoms with Crippen molar-refractivity contribution in [3.05, 3.63) is 29.6 Å². The van der Waals surface area contributed by atoms with Crippen LogP contribution >= 0.6 is 0 Å². The molecule has 2 rings (SSSR count). The Bertz CT molecular complexity index is 470. The van der Waals surface area contributed by atoms with Gasteiger partial charge in [-0.1, -0.05) is 19.4 Å². The van der Waals surface area contributed by atoms with E-state index in [0.717, 1.165) is 31.6 Å². The van der Waals surface area contributed by atoms with Crippen LogP contribution < -0.4 is 10.5 Å². The Morgan fingerprint density at radius 2 is 2.10 bits per heavy atom. The highest BCUT2D eigenvalue weighted by Crippen LogP contribution is 2.47. The zero-order valence-corrected chi connectivity index (χ0v) is 12.9. The number of benzene rings is 1. The van der Waals surface area contributed by atoms with Gasteiger partial charge in [-0.25, -0.2) is 4.39 Å². The number of hydrogen-bond donors (Lipinski definition) is 2. The number of nitrogens with two attached hydrogens (primary N) is 1. The zero-order chi connectivity index (χ0) is 15.5. The van der Waals surface area contributed by atoms with Gasteiger partial charge in [-0.05, 0) is 49.3 Å². The van der Waals surface area contributed by atoms with Gasteiger partial charge in [0.05, 0.1) is 13.2 Å². The SMILES string of the molecule is CCC1CCC(CN)(C(O)c2ccc(OC)c(F)c2)CC1. The van der Waals surface area contributed by atoms with Gasteiger partial charge in [0.25, 0.3) is 0 Å². The number of aliphatic hydroxyl groups excluding tert-OH is 1. The normalized spacial score (nSPS) is 27.4. The topological polar surface area (TPSA) is 55.5 Å². The molecule has 1 fully saturated rings. The van der Waals surface area contributed by atoms with Crippen molar-refractivity contribution in [1.82, 2.24) is 0 Å². The molecule has 1 aliphatic carbocycles. The van der Waals surface area contributed by atoms with Crippen molar-refractivity contribution >= 4 is 0 Å². The first kappa shape index (κ1) is 16.2. The van der Waals surface area contributed by atoms with Gasteiger partial charge in [-0.15, -0.1) is 0 Å². The van der Waals surface area contributed by atoms with Crippen LogP contribution in [-0.2, 0) is 0 Å². The number of halogens is 1. The van der Waals surface area contributed by atoms with Crippen LogP contribution in [-0.4, -0.2) is 18.8 Å². The lowest BCUT2D eigenvalue weighted by atomic mass is 9.65. The minimum absolute atomic E-state index is 0.197. The summed E-state index contributed by atoms with van der Waals surface area (Å²) < 4.78 is 18.8. The van der Waals surface area contributed by atoms with Crippen molar-refractivity contribution in [1.29, 1.82) is 0 Å². The third-order valence-corrected chi connectivity index (χ3v) is 5.16. The average Bonchev–Trinajstić information content (AvgIpc) is 2.54. The van der Waals surface area contributed by atoms with Gasteiger partial charge in [-0.2, -0.15) is 0 Å². The molecule has 0 heterocycles. The van der Waals surface area contributed by atoms with Crippen molar-refractivity contribution in [3.63, 3.8) is 0 Å². The highest BCUT2D eigenvalue weighted by molar-refractivity contribution is 5.31. The molecule has 1 unspecified atom stereocenters. The van der Waals surface area contributed by atoms with Gasteiger partial charge in [0, 0.05) is 12.0 Å². The van der Waals surface area contributed by atoms with E-state index >= 15 is 0 Å². The molecule has 0 bridgehead atoms. The quantitative estimate of drug-likeness (QED) is 0.875. The number of hydrogen-bond acceptors (Lipinski definition) is 3. The molecule has 0 saturated heterocycles. The summed E-state index contributed by atoms with van der Waals surface area (Å²) in [4.78, 5) is 0. The summed E-state index contributed by atoms with van der Waals surface area (Å²) in [7, 11) is 1.43. The lowest BCUT2D eigenvalue weighted by Crippen LogP contribution is -2.40. The molecule has 0 aromatic heterocycles. The van der Waals surface area contributed by atoms with Gasteiger partial charge in [-0.3, -0.25) is 0 Å². The third-order valence-electron chi connectivity index (χ3n) is 5.16. The maximum atomic E-state index is 13.9. The summed E-state index contributed by atoms with van der Waals surface area (Å²) in [6.45, 7) is 2.63. The first-order valence-electron chi connectivity index (χ1n) is 7.78. The molecule has 4 heteroatoms. The highest BCUT2D eigenvalue weighted by Gasteiger charge is 2.40. The summed E-state index contributed by atoms with van der Waals surface area (Å²) in [5.74, 6) is 0.482. The Kier molecular flexibility index (Phi) is 5.22. The fourth-order valence-electron chi connectivity index (χ4n) is 3.46. The summed E-state index contributed by atoms with van der Waals surface area (Å²) in [5.41, 5.74) is 6.24. The van der Waals surface area contributed by atoms with Gasteiger partial charge < -0.3 is 15.6 Å². The maximum Gasteiger partial charge on any atom is 0.165 e. The molecule has 1 aromatic rings. The van der Waals surface area contributed by atoms with E-state index in [1.807, 2.05) is 0 Å². The average molecular weight is 295 g/mol. The van der Waals surface area contributed by atoms with E-state index in [4.69, 9.17) is 10.5 Å². The third kappa shape index (κ3) is 3.22. The van der Waals surface area contributed by atoms with E-state index < -0.39 is 11.9 Å². The van der Waals surface area contributed by atoms with Crippen LogP contribution in [0.2, 0.25) is 0 Å². The molecule has 1 aliphatic rings. The van der Waals surface area contributed by atoms with Crippen LogP contribution in [0.25, 0.3) is 0 Å². The molecule has 3 N–H and O–H groups in total. The van der Waals surface area contributed by atoms with Gasteiger partial charge in [0.1, 0.15) is 0 Å². The number of methoxy groups -OCH3 is 1. The Labute approximate surface area is 126 Å². The minimum atomic E-state index is -0.722. The molecule has 0 radical (unpaired) electrons. The lowest BCUT2D eigenvalue weighted by molar-refractivity contribution is -0.0105. The van der Waals surface area contributed by atoms with Crippen LogP contribution in [0.4, 0.5) is 4.39 Å². The maximum absolute atomic E-state index is 13.9. The van der Waals surface area contributed by atoms with Crippen molar-refractivity contribution in [2.45, 2.75) is 45.1 Å². The van der Waals surface area contributed by atoms with Crippen molar-refractivity contribution < 1.29 is 14.2 Å². The highest BCUT2D eigenvalue weighted by atomic mass is 19.1. The second-order valence-electron chi connectivity index (χ2n) is 6.21. The lowest BCUT2D eigenvalue weighted by Gasteiger charge is -2.43. The van der Waals surface area contributed by atoms with Gasteiger partial charge >= 0.3 is 0 Å². The molecule has 1 aromatic carbocycles. The van der Waals surface area contributed by atoms with Crippen LogP contribution in [0.15, 0.2) is 18.2 Å². The molecule has 0 aliphatic heterocycles. The smallest absolute Gasteiger partial charge is 0.165 e. The largest absolute Gasteiger partial charge is 0.494 e. The first-order chi connectivity index (χ1) is 10.1. The van der Waals surface area contributed by atoms with E-state index in [0.29, 0.717) is 12.1 Å². The standard InChI is InChI=1S/C17H26FNO2/c1-3-12-6-8-17(11-19,9-7-12)16(20)13-4-5-15(21-2)14(18)10-13/h4-5,10,12,16,20H,3,6-9,11,19H2,1-2H3. The number of aliphatic hydroxyl groups is 1. The molecule has 118 valence electrons. The molecular formula is C17H26FNO2. The number of ether oxygens (including phenoxy) is 1. The fourth-order valence-corrected chi connectivity index (χ4v) is 3.46. The summed E-state index contributed by atoms with van der Waals surface area (Å²) >= 11 is 0. The molecule has 1 saturated carbocycles. The first-order valence-corrected chi connectivity index (χ1v) is 7.78. The van der Waals surface area contributed by atoms with E-state index in [2.05, 4.69) is 6.92 Å². The Balaban J connectivity index is 2.20. The predicted octanol–water partition coefficient (Wildman–Crippen LogP) is 3.41. The fraction of sp³-hybridized carbons (Fsp3) is 0.647. The van der Waals surface area contributed by atoms with E-state index in [-0.39, 0.29) is 11.2 Å². The molecule has 0 spiro atoms. The van der Waals surface area contributed by atoms with E-state index in [1.165, 1.54) is 19.6 Å². The molecular weight excluding hydrogens is 269 g/mol. The monoisotopic (exact) mass is 295 g/mol. The summed E-state index contributed by atoms with van der Waals surface area (Å²) in [6, 6.07) is 4.67. The van der Waals surface area contributed by atoms with Crippen LogP contribution in [0.3, 0.4) is 0 Å². The second kappa shape index (κ2) is 6.75. The summed E-state index contributed by atoms with van der Waals surface area (Å²) in [6.07, 6.45) is 4.43. The van der Waals surface area contributed by atoms with Crippen molar-refractivity contribution in [2.24, 2.45) is 17.1 Å². The Morgan fingerprint density at radius 3 is 2.57 bits per heavy atom. The van der Waals surface area contributed by atoms with E-state index in [9.17, 15) is 9.50 Å². The number of rotatable bonds is 5. The Morgan fingerprint density at radius 1 is 1.43 bits per heavy atom.